The highest BCUT2D eigenvalue weighted by molar-refractivity contribution is 5.97. The van der Waals surface area contributed by atoms with Crippen LogP contribution < -0.4 is 5.32 Å². The third-order valence-electron chi connectivity index (χ3n) is 3.66. The van der Waals surface area contributed by atoms with Crippen molar-refractivity contribution in [3.8, 4) is 0 Å². The maximum absolute atomic E-state index is 12.7. The van der Waals surface area contributed by atoms with Gasteiger partial charge in [-0.2, -0.15) is 13.2 Å². The molecule has 1 heterocycles. The standard InChI is InChI=1S/C13H14F3NO/c1-3-12(2)7-17-11(18)9-5-4-8(6-10(9)12)13(14,15)16/h4-6H,3,7H2,1-2H3,(H,17,18). The maximum atomic E-state index is 12.7. The minimum absolute atomic E-state index is 0.301. The molecule has 2 rings (SSSR count). The molecular weight excluding hydrogens is 243 g/mol. The van der Waals surface area contributed by atoms with Gasteiger partial charge in [-0.15, -0.1) is 0 Å². The molecule has 0 aromatic heterocycles. The first-order valence-corrected chi connectivity index (χ1v) is 5.78. The summed E-state index contributed by atoms with van der Waals surface area (Å²) in [6, 6.07) is 3.33. The first-order chi connectivity index (χ1) is 8.28. The molecule has 1 amide bonds. The Balaban J connectivity index is 2.61. The van der Waals surface area contributed by atoms with Crippen LogP contribution in [0.3, 0.4) is 0 Å². The van der Waals surface area contributed by atoms with Gasteiger partial charge in [0.05, 0.1) is 5.56 Å². The monoisotopic (exact) mass is 257 g/mol. The van der Waals surface area contributed by atoms with Gasteiger partial charge in [0, 0.05) is 17.5 Å². The molecule has 0 bridgehead atoms. The second-order valence-electron chi connectivity index (χ2n) is 4.86. The predicted molar refractivity (Wildman–Crippen MR) is 61.4 cm³/mol. The molecule has 0 saturated carbocycles. The molecule has 0 radical (unpaired) electrons. The topological polar surface area (TPSA) is 29.1 Å². The van der Waals surface area contributed by atoms with Crippen molar-refractivity contribution in [1.29, 1.82) is 0 Å². The van der Waals surface area contributed by atoms with E-state index in [4.69, 9.17) is 0 Å². The Labute approximate surface area is 103 Å². The van der Waals surface area contributed by atoms with E-state index in [1.807, 2.05) is 13.8 Å². The summed E-state index contributed by atoms with van der Waals surface area (Å²) < 4.78 is 38.1. The zero-order valence-electron chi connectivity index (χ0n) is 10.2. The number of hydrogen-bond donors (Lipinski definition) is 1. The molecule has 2 nitrogen and oxygen atoms in total. The van der Waals surface area contributed by atoms with Crippen molar-refractivity contribution >= 4 is 5.91 Å². The van der Waals surface area contributed by atoms with Crippen molar-refractivity contribution in [2.45, 2.75) is 31.9 Å². The fourth-order valence-electron chi connectivity index (χ4n) is 2.20. The summed E-state index contributed by atoms with van der Waals surface area (Å²) in [4.78, 5) is 11.7. The van der Waals surface area contributed by atoms with Crippen LogP contribution in [0.1, 0.15) is 41.8 Å². The van der Waals surface area contributed by atoms with Gasteiger partial charge in [0.2, 0.25) is 0 Å². The average molecular weight is 257 g/mol. The van der Waals surface area contributed by atoms with E-state index in [9.17, 15) is 18.0 Å². The molecule has 18 heavy (non-hydrogen) atoms. The van der Waals surface area contributed by atoms with Crippen LogP contribution in [-0.2, 0) is 11.6 Å². The number of nitrogens with one attached hydrogen (secondary N) is 1. The van der Waals surface area contributed by atoms with Crippen molar-refractivity contribution in [2.75, 3.05) is 6.54 Å². The van der Waals surface area contributed by atoms with Crippen molar-refractivity contribution in [1.82, 2.24) is 5.32 Å². The van der Waals surface area contributed by atoms with E-state index in [-0.39, 0.29) is 5.91 Å². The number of fused-ring (bicyclic) bond motifs is 1. The third-order valence-corrected chi connectivity index (χ3v) is 3.66. The van der Waals surface area contributed by atoms with Crippen LogP contribution in [0.25, 0.3) is 0 Å². The molecule has 5 heteroatoms. The molecule has 1 aromatic carbocycles. The lowest BCUT2D eigenvalue weighted by molar-refractivity contribution is -0.137. The third kappa shape index (κ3) is 1.98. The summed E-state index contributed by atoms with van der Waals surface area (Å²) in [5.74, 6) is -0.301. The van der Waals surface area contributed by atoms with Gasteiger partial charge in [0.15, 0.2) is 0 Å². The number of rotatable bonds is 1. The average Bonchev–Trinajstić information content (AvgIpc) is 2.33. The van der Waals surface area contributed by atoms with Gasteiger partial charge in [-0.3, -0.25) is 4.79 Å². The van der Waals surface area contributed by atoms with Crippen LogP contribution >= 0.6 is 0 Å². The van der Waals surface area contributed by atoms with Gasteiger partial charge < -0.3 is 5.32 Å². The van der Waals surface area contributed by atoms with E-state index in [0.29, 0.717) is 24.1 Å². The number of carbonyl (C=O) groups is 1. The van der Waals surface area contributed by atoms with Crippen molar-refractivity contribution in [3.05, 3.63) is 34.9 Å². The van der Waals surface area contributed by atoms with E-state index >= 15 is 0 Å². The van der Waals surface area contributed by atoms with Crippen LogP contribution in [0.15, 0.2) is 18.2 Å². The van der Waals surface area contributed by atoms with E-state index in [1.54, 1.807) is 0 Å². The lowest BCUT2D eigenvalue weighted by Gasteiger charge is -2.35. The Morgan fingerprint density at radius 2 is 2.06 bits per heavy atom. The lowest BCUT2D eigenvalue weighted by Crippen LogP contribution is -2.45. The molecule has 1 aliphatic heterocycles. The first kappa shape index (κ1) is 12.9. The van der Waals surface area contributed by atoms with Crippen LogP contribution in [0.2, 0.25) is 0 Å². The van der Waals surface area contributed by atoms with E-state index in [2.05, 4.69) is 5.32 Å². The number of halogens is 3. The second-order valence-corrected chi connectivity index (χ2v) is 4.86. The Morgan fingerprint density at radius 3 is 2.61 bits per heavy atom. The predicted octanol–water partition coefficient (Wildman–Crippen LogP) is 3.12. The fourth-order valence-corrected chi connectivity index (χ4v) is 2.20. The van der Waals surface area contributed by atoms with Crippen LogP contribution in [0.5, 0.6) is 0 Å². The number of hydrogen-bond acceptors (Lipinski definition) is 1. The van der Waals surface area contributed by atoms with Gasteiger partial charge in [-0.1, -0.05) is 13.8 Å². The van der Waals surface area contributed by atoms with Gasteiger partial charge in [-0.05, 0) is 30.2 Å². The number of benzene rings is 1. The van der Waals surface area contributed by atoms with E-state index in [1.165, 1.54) is 6.07 Å². The van der Waals surface area contributed by atoms with E-state index in [0.717, 1.165) is 12.1 Å². The summed E-state index contributed by atoms with van der Waals surface area (Å²) in [5.41, 5.74) is -0.303. The maximum Gasteiger partial charge on any atom is 0.416 e. The molecule has 1 atom stereocenters. The molecule has 0 fully saturated rings. The Kier molecular flexibility index (Phi) is 2.87. The van der Waals surface area contributed by atoms with Crippen LogP contribution in [0, 0.1) is 0 Å². The van der Waals surface area contributed by atoms with E-state index < -0.39 is 17.2 Å². The molecule has 1 aromatic rings. The van der Waals surface area contributed by atoms with Gasteiger partial charge in [0.1, 0.15) is 0 Å². The Bertz CT molecular complexity index is 495. The Hall–Kier alpha value is -1.52. The molecular formula is C13H14F3NO. The molecule has 1 unspecified atom stereocenters. The zero-order valence-corrected chi connectivity index (χ0v) is 10.2. The lowest BCUT2D eigenvalue weighted by atomic mass is 9.74. The summed E-state index contributed by atoms with van der Waals surface area (Å²) in [7, 11) is 0. The fraction of sp³-hybridized carbons (Fsp3) is 0.462. The zero-order chi connectivity index (χ0) is 13.6. The minimum atomic E-state index is -4.38. The van der Waals surface area contributed by atoms with Gasteiger partial charge in [0.25, 0.3) is 5.91 Å². The normalized spacial score (nSPS) is 23.5. The highest BCUT2D eigenvalue weighted by Gasteiger charge is 2.37. The molecule has 0 aliphatic carbocycles. The number of carbonyl (C=O) groups excluding carboxylic acids is 1. The molecule has 98 valence electrons. The quantitative estimate of drug-likeness (QED) is 0.822. The number of amides is 1. The summed E-state index contributed by atoms with van der Waals surface area (Å²) in [6.45, 7) is 4.14. The molecule has 0 saturated heterocycles. The van der Waals surface area contributed by atoms with Crippen LogP contribution in [-0.4, -0.2) is 12.5 Å². The van der Waals surface area contributed by atoms with Crippen molar-refractivity contribution in [2.24, 2.45) is 0 Å². The Morgan fingerprint density at radius 1 is 1.39 bits per heavy atom. The first-order valence-electron chi connectivity index (χ1n) is 5.78. The summed E-state index contributed by atoms with van der Waals surface area (Å²) >= 11 is 0. The highest BCUT2D eigenvalue weighted by Crippen LogP contribution is 2.37. The summed E-state index contributed by atoms with van der Waals surface area (Å²) in [6.07, 6.45) is -3.71. The minimum Gasteiger partial charge on any atom is -0.351 e. The molecule has 1 aliphatic rings. The SMILES string of the molecule is CCC1(C)CNC(=O)c2ccc(C(F)(F)F)cc21. The molecule has 1 N–H and O–H groups in total. The molecule has 0 spiro atoms. The highest BCUT2D eigenvalue weighted by atomic mass is 19.4. The van der Waals surface area contributed by atoms with Crippen molar-refractivity contribution < 1.29 is 18.0 Å². The van der Waals surface area contributed by atoms with Gasteiger partial charge in [-0.25, -0.2) is 0 Å². The number of alkyl halides is 3. The largest absolute Gasteiger partial charge is 0.416 e. The second kappa shape index (κ2) is 4.00. The van der Waals surface area contributed by atoms with Gasteiger partial charge >= 0.3 is 6.18 Å². The van der Waals surface area contributed by atoms with Crippen molar-refractivity contribution in [3.63, 3.8) is 0 Å². The summed E-state index contributed by atoms with van der Waals surface area (Å²) in [5, 5.41) is 2.72. The smallest absolute Gasteiger partial charge is 0.351 e. The van der Waals surface area contributed by atoms with Crippen LogP contribution in [0.4, 0.5) is 13.2 Å².